The maximum absolute atomic E-state index is 12.1. The van der Waals surface area contributed by atoms with Gasteiger partial charge in [-0.05, 0) is 42.9 Å². The minimum atomic E-state index is -0.201. The van der Waals surface area contributed by atoms with Gasteiger partial charge in [-0.2, -0.15) is 0 Å². The van der Waals surface area contributed by atoms with Gasteiger partial charge in [0.05, 0.1) is 5.56 Å². The number of aromatic hydroxyl groups is 1. The Morgan fingerprint density at radius 3 is 2.74 bits per heavy atom. The van der Waals surface area contributed by atoms with Gasteiger partial charge in [0.15, 0.2) is 0 Å². The first-order valence-electron chi connectivity index (χ1n) is 6.93. The van der Waals surface area contributed by atoms with E-state index in [1.165, 1.54) is 37.8 Å². The van der Waals surface area contributed by atoms with Crippen LogP contribution in [0, 0.1) is 5.41 Å². The molecule has 4 heteroatoms. The van der Waals surface area contributed by atoms with Crippen molar-refractivity contribution in [2.45, 2.75) is 39.0 Å². The number of hydrogen-bond donors (Lipinski definition) is 3. The van der Waals surface area contributed by atoms with Crippen LogP contribution < -0.4 is 11.1 Å². The monoisotopic (exact) mass is 262 g/mol. The standard InChI is InChI=1S/C15H22N2O2/c1-2-15(7-3-4-8-15)10-17-14(19)12-9-11(18)5-6-13(12)16/h5-6,9,18H,2-4,7-8,10,16H2,1H3,(H,17,19). The van der Waals surface area contributed by atoms with Crippen molar-refractivity contribution >= 4 is 11.6 Å². The third kappa shape index (κ3) is 3.00. The summed E-state index contributed by atoms with van der Waals surface area (Å²) in [4.78, 5) is 12.1. The summed E-state index contributed by atoms with van der Waals surface area (Å²) in [5, 5.41) is 12.4. The van der Waals surface area contributed by atoms with Crippen molar-refractivity contribution in [3.05, 3.63) is 23.8 Å². The van der Waals surface area contributed by atoms with Gasteiger partial charge >= 0.3 is 0 Å². The average Bonchev–Trinajstić information content (AvgIpc) is 2.88. The zero-order valence-corrected chi connectivity index (χ0v) is 11.4. The Hall–Kier alpha value is -1.71. The summed E-state index contributed by atoms with van der Waals surface area (Å²) in [6, 6.07) is 4.45. The third-order valence-corrected chi connectivity index (χ3v) is 4.32. The third-order valence-electron chi connectivity index (χ3n) is 4.32. The molecule has 1 amide bonds. The van der Waals surface area contributed by atoms with Crippen molar-refractivity contribution < 1.29 is 9.90 Å². The molecule has 1 aliphatic carbocycles. The molecule has 0 aliphatic heterocycles. The van der Waals surface area contributed by atoms with Crippen molar-refractivity contribution in [1.29, 1.82) is 0 Å². The van der Waals surface area contributed by atoms with Crippen LogP contribution in [0.25, 0.3) is 0 Å². The summed E-state index contributed by atoms with van der Waals surface area (Å²) in [7, 11) is 0. The van der Waals surface area contributed by atoms with Gasteiger partial charge < -0.3 is 16.2 Å². The molecule has 0 radical (unpaired) electrons. The number of benzene rings is 1. The van der Waals surface area contributed by atoms with Crippen LogP contribution in [0.2, 0.25) is 0 Å². The average molecular weight is 262 g/mol. The maximum Gasteiger partial charge on any atom is 0.253 e. The van der Waals surface area contributed by atoms with Gasteiger partial charge in [0, 0.05) is 12.2 Å². The highest BCUT2D eigenvalue weighted by atomic mass is 16.3. The number of hydrogen-bond acceptors (Lipinski definition) is 3. The molecule has 1 saturated carbocycles. The van der Waals surface area contributed by atoms with E-state index in [4.69, 9.17) is 5.73 Å². The lowest BCUT2D eigenvalue weighted by Gasteiger charge is -2.27. The highest BCUT2D eigenvalue weighted by Crippen LogP contribution is 2.40. The number of nitrogen functional groups attached to an aromatic ring is 1. The molecule has 0 spiro atoms. The predicted molar refractivity (Wildman–Crippen MR) is 76.0 cm³/mol. The van der Waals surface area contributed by atoms with Crippen molar-refractivity contribution in [3.8, 4) is 5.75 Å². The number of anilines is 1. The van der Waals surface area contributed by atoms with Gasteiger partial charge in [-0.3, -0.25) is 4.79 Å². The molecule has 0 saturated heterocycles. The second kappa shape index (κ2) is 5.51. The maximum atomic E-state index is 12.1. The van der Waals surface area contributed by atoms with Crippen LogP contribution in [0.15, 0.2) is 18.2 Å². The van der Waals surface area contributed by atoms with Crippen molar-refractivity contribution in [1.82, 2.24) is 5.32 Å². The largest absolute Gasteiger partial charge is 0.508 e. The fourth-order valence-electron chi connectivity index (χ4n) is 2.88. The zero-order chi connectivity index (χ0) is 13.9. The molecule has 2 rings (SSSR count). The van der Waals surface area contributed by atoms with E-state index in [1.807, 2.05) is 0 Å². The number of nitrogens with two attached hydrogens (primary N) is 1. The molecule has 104 valence electrons. The number of phenols is 1. The smallest absolute Gasteiger partial charge is 0.253 e. The minimum absolute atomic E-state index is 0.0606. The van der Waals surface area contributed by atoms with E-state index >= 15 is 0 Å². The Kier molecular flexibility index (Phi) is 3.98. The summed E-state index contributed by atoms with van der Waals surface area (Å²) >= 11 is 0. The molecule has 1 aromatic carbocycles. The molecule has 1 aliphatic rings. The summed E-state index contributed by atoms with van der Waals surface area (Å²) in [6.07, 6.45) is 5.94. The number of carbonyl (C=O) groups is 1. The van der Waals surface area contributed by atoms with Gasteiger partial charge in [-0.25, -0.2) is 0 Å². The number of amides is 1. The molecular formula is C15H22N2O2. The van der Waals surface area contributed by atoms with E-state index in [9.17, 15) is 9.90 Å². The summed E-state index contributed by atoms with van der Waals surface area (Å²) in [5.74, 6) is -0.140. The van der Waals surface area contributed by atoms with E-state index in [0.29, 0.717) is 17.8 Å². The van der Waals surface area contributed by atoms with E-state index in [1.54, 1.807) is 6.07 Å². The first kappa shape index (κ1) is 13.7. The van der Waals surface area contributed by atoms with Crippen LogP contribution in [-0.4, -0.2) is 17.6 Å². The van der Waals surface area contributed by atoms with Gasteiger partial charge in [0.1, 0.15) is 5.75 Å². The van der Waals surface area contributed by atoms with Gasteiger partial charge in [-0.1, -0.05) is 19.8 Å². The van der Waals surface area contributed by atoms with Gasteiger partial charge in [0.25, 0.3) is 5.91 Å². The fraction of sp³-hybridized carbons (Fsp3) is 0.533. The lowest BCUT2D eigenvalue weighted by atomic mass is 9.83. The van der Waals surface area contributed by atoms with Crippen molar-refractivity contribution in [2.75, 3.05) is 12.3 Å². The molecular weight excluding hydrogens is 240 g/mol. The molecule has 4 nitrogen and oxygen atoms in total. The second-order valence-corrected chi connectivity index (χ2v) is 5.51. The molecule has 1 fully saturated rings. The Morgan fingerprint density at radius 2 is 2.11 bits per heavy atom. The van der Waals surface area contributed by atoms with E-state index in [2.05, 4.69) is 12.2 Å². The number of phenolic OH excluding ortho intramolecular Hbond substituents is 1. The van der Waals surface area contributed by atoms with Crippen molar-refractivity contribution in [2.24, 2.45) is 5.41 Å². The van der Waals surface area contributed by atoms with Crippen LogP contribution in [0.5, 0.6) is 5.75 Å². The molecule has 0 aromatic heterocycles. The van der Waals surface area contributed by atoms with Crippen LogP contribution in [0.1, 0.15) is 49.4 Å². The predicted octanol–water partition coefficient (Wildman–Crippen LogP) is 2.67. The first-order valence-corrected chi connectivity index (χ1v) is 6.93. The molecule has 4 N–H and O–H groups in total. The lowest BCUT2D eigenvalue weighted by Crippen LogP contribution is -2.35. The minimum Gasteiger partial charge on any atom is -0.508 e. The van der Waals surface area contributed by atoms with Crippen molar-refractivity contribution in [3.63, 3.8) is 0 Å². The summed E-state index contributed by atoms with van der Waals surface area (Å²) in [6.45, 7) is 2.87. The van der Waals surface area contributed by atoms with Gasteiger partial charge in [0.2, 0.25) is 0 Å². The van der Waals surface area contributed by atoms with E-state index in [-0.39, 0.29) is 17.1 Å². The first-order chi connectivity index (χ1) is 9.06. The summed E-state index contributed by atoms with van der Waals surface area (Å²) < 4.78 is 0. The van der Waals surface area contributed by atoms with Gasteiger partial charge in [-0.15, -0.1) is 0 Å². The molecule has 1 aromatic rings. The highest BCUT2D eigenvalue weighted by Gasteiger charge is 2.32. The van der Waals surface area contributed by atoms with Crippen LogP contribution in [-0.2, 0) is 0 Å². The topological polar surface area (TPSA) is 75.3 Å². The SMILES string of the molecule is CCC1(CNC(=O)c2cc(O)ccc2N)CCCC1. The quantitative estimate of drug-likeness (QED) is 0.577. The molecule has 0 heterocycles. The molecule has 0 atom stereocenters. The van der Waals surface area contributed by atoms with Crippen LogP contribution in [0.4, 0.5) is 5.69 Å². The Balaban J connectivity index is 2.03. The Labute approximate surface area is 114 Å². The number of rotatable bonds is 4. The van der Waals surface area contributed by atoms with E-state index in [0.717, 1.165) is 6.42 Å². The van der Waals surface area contributed by atoms with Crippen LogP contribution >= 0.6 is 0 Å². The lowest BCUT2D eigenvalue weighted by molar-refractivity contribution is 0.0929. The van der Waals surface area contributed by atoms with Crippen LogP contribution in [0.3, 0.4) is 0 Å². The number of nitrogens with one attached hydrogen (secondary N) is 1. The Morgan fingerprint density at radius 1 is 1.42 bits per heavy atom. The molecule has 0 bridgehead atoms. The Bertz CT molecular complexity index is 465. The number of carbonyl (C=O) groups excluding carboxylic acids is 1. The summed E-state index contributed by atoms with van der Waals surface area (Å²) in [5.41, 5.74) is 6.77. The van der Waals surface area contributed by atoms with E-state index < -0.39 is 0 Å². The molecule has 19 heavy (non-hydrogen) atoms. The second-order valence-electron chi connectivity index (χ2n) is 5.51. The normalized spacial score (nSPS) is 17.3. The highest BCUT2D eigenvalue weighted by molar-refractivity contribution is 5.99. The fourth-order valence-corrected chi connectivity index (χ4v) is 2.88. The molecule has 0 unspecified atom stereocenters. The zero-order valence-electron chi connectivity index (χ0n) is 11.4.